The molecule has 0 aromatic heterocycles. The number of benzene rings is 1. The molecule has 1 heterocycles. The van der Waals surface area contributed by atoms with E-state index in [4.69, 9.17) is 4.99 Å². The monoisotopic (exact) mass is 428 g/mol. The van der Waals surface area contributed by atoms with Gasteiger partial charge < -0.3 is 10.2 Å². The Morgan fingerprint density at radius 1 is 1.39 bits per heavy atom. The summed E-state index contributed by atoms with van der Waals surface area (Å²) in [4.78, 5) is 9.73. The van der Waals surface area contributed by atoms with Crippen molar-refractivity contribution in [2.45, 2.75) is 45.2 Å². The topological polar surface area (TPSA) is 30.9 Å². The van der Waals surface area contributed by atoms with Crippen molar-refractivity contribution < 1.29 is 0 Å². The number of anilines is 1. The van der Waals surface area contributed by atoms with Crippen LogP contribution in [0.1, 0.15) is 32.3 Å². The molecule has 1 aromatic rings. The third-order valence-electron chi connectivity index (χ3n) is 4.80. The van der Waals surface area contributed by atoms with Gasteiger partial charge in [0.2, 0.25) is 0 Å². The number of hydrogen-bond acceptors (Lipinski definition) is 2. The second-order valence-electron chi connectivity index (χ2n) is 6.47. The van der Waals surface area contributed by atoms with E-state index in [-0.39, 0.29) is 24.0 Å². The average molecular weight is 428 g/mol. The number of fused-ring (bicyclic) bond motifs is 1. The second-order valence-corrected chi connectivity index (χ2v) is 6.47. The van der Waals surface area contributed by atoms with Gasteiger partial charge in [0.05, 0.1) is 6.54 Å². The fraction of sp³-hybridized carbons (Fsp3) is 0.611. The SMILES string of the molecule is CCNC(=NCC(C)N(C)C1CC1)N1CCc2ccccc21.I. The normalized spacial score (nSPS) is 18.6. The highest BCUT2D eigenvalue weighted by atomic mass is 127. The highest BCUT2D eigenvalue weighted by molar-refractivity contribution is 14.0. The number of para-hydroxylation sites is 1. The lowest BCUT2D eigenvalue weighted by atomic mass is 10.2. The number of aliphatic imine (C=N–C) groups is 1. The summed E-state index contributed by atoms with van der Waals surface area (Å²) < 4.78 is 0. The molecule has 0 bridgehead atoms. The van der Waals surface area contributed by atoms with Gasteiger partial charge >= 0.3 is 0 Å². The minimum atomic E-state index is 0. The predicted molar refractivity (Wildman–Crippen MR) is 109 cm³/mol. The molecule has 3 rings (SSSR count). The molecule has 1 aliphatic heterocycles. The summed E-state index contributed by atoms with van der Waals surface area (Å²) in [6, 6.07) is 9.96. The number of nitrogens with one attached hydrogen (secondary N) is 1. The number of nitrogens with zero attached hydrogens (tertiary/aromatic N) is 3. The molecule has 1 atom stereocenters. The van der Waals surface area contributed by atoms with Gasteiger partial charge in [-0.05, 0) is 51.8 Å². The largest absolute Gasteiger partial charge is 0.356 e. The molecule has 1 unspecified atom stereocenters. The summed E-state index contributed by atoms with van der Waals surface area (Å²) in [5.41, 5.74) is 2.74. The van der Waals surface area contributed by atoms with Crippen LogP contribution in [0.5, 0.6) is 0 Å². The Labute approximate surface area is 157 Å². The Bertz CT molecular complexity index is 542. The fourth-order valence-electron chi connectivity index (χ4n) is 3.14. The van der Waals surface area contributed by atoms with Crippen molar-refractivity contribution in [2.75, 3.05) is 31.6 Å². The van der Waals surface area contributed by atoms with Crippen LogP contribution in [-0.4, -0.2) is 49.6 Å². The van der Waals surface area contributed by atoms with E-state index in [0.29, 0.717) is 6.04 Å². The molecular formula is C18H29IN4. The maximum atomic E-state index is 4.92. The van der Waals surface area contributed by atoms with Crippen LogP contribution < -0.4 is 10.2 Å². The van der Waals surface area contributed by atoms with Crippen LogP contribution in [-0.2, 0) is 6.42 Å². The van der Waals surface area contributed by atoms with E-state index in [1.807, 2.05) is 0 Å². The molecular weight excluding hydrogens is 399 g/mol. The maximum Gasteiger partial charge on any atom is 0.198 e. The highest BCUT2D eigenvalue weighted by Gasteiger charge is 2.29. The molecule has 128 valence electrons. The van der Waals surface area contributed by atoms with E-state index in [0.717, 1.165) is 38.1 Å². The first-order chi connectivity index (χ1) is 10.7. The third-order valence-corrected chi connectivity index (χ3v) is 4.80. The van der Waals surface area contributed by atoms with E-state index in [2.05, 4.69) is 60.3 Å². The molecule has 1 aliphatic carbocycles. The molecule has 1 N–H and O–H groups in total. The van der Waals surface area contributed by atoms with E-state index < -0.39 is 0 Å². The zero-order valence-corrected chi connectivity index (χ0v) is 16.8. The standard InChI is InChI=1S/C18H28N4.HI/c1-4-19-18(20-13-14(2)21(3)16-9-10-16)22-12-11-15-7-5-6-8-17(15)22;/h5-8,14,16H,4,9-13H2,1-3H3,(H,19,20);1H. The van der Waals surface area contributed by atoms with Crippen molar-refractivity contribution in [3.63, 3.8) is 0 Å². The average Bonchev–Trinajstić information content (AvgIpc) is 3.30. The molecule has 23 heavy (non-hydrogen) atoms. The second kappa shape index (κ2) is 8.33. The van der Waals surface area contributed by atoms with Crippen LogP contribution in [0.4, 0.5) is 5.69 Å². The first kappa shape index (κ1) is 18.5. The predicted octanol–water partition coefficient (Wildman–Crippen LogP) is 3.12. The number of hydrogen-bond donors (Lipinski definition) is 1. The van der Waals surface area contributed by atoms with E-state index in [1.54, 1.807) is 0 Å². The van der Waals surface area contributed by atoms with Crippen molar-refractivity contribution in [1.82, 2.24) is 10.2 Å². The lowest BCUT2D eigenvalue weighted by Gasteiger charge is -2.26. The minimum Gasteiger partial charge on any atom is -0.356 e. The van der Waals surface area contributed by atoms with Gasteiger partial charge in [-0.25, -0.2) is 0 Å². The summed E-state index contributed by atoms with van der Waals surface area (Å²) in [5.74, 6) is 1.03. The molecule has 0 radical (unpaired) electrons. The van der Waals surface area contributed by atoms with Gasteiger partial charge in [0.1, 0.15) is 0 Å². The van der Waals surface area contributed by atoms with Gasteiger partial charge in [-0.3, -0.25) is 9.89 Å². The van der Waals surface area contributed by atoms with Crippen molar-refractivity contribution in [1.29, 1.82) is 0 Å². The van der Waals surface area contributed by atoms with Crippen LogP contribution >= 0.6 is 24.0 Å². The van der Waals surface area contributed by atoms with Crippen LogP contribution in [0, 0.1) is 0 Å². The van der Waals surface area contributed by atoms with Crippen LogP contribution in [0.3, 0.4) is 0 Å². The Balaban J connectivity index is 0.00000192. The number of rotatable bonds is 5. The summed E-state index contributed by atoms with van der Waals surface area (Å²) in [6.07, 6.45) is 3.81. The quantitative estimate of drug-likeness (QED) is 0.444. The Morgan fingerprint density at radius 3 is 2.83 bits per heavy atom. The van der Waals surface area contributed by atoms with Gasteiger partial charge in [0, 0.05) is 30.9 Å². The molecule has 1 fully saturated rings. The molecule has 5 heteroatoms. The van der Waals surface area contributed by atoms with Gasteiger partial charge in [-0.15, -0.1) is 24.0 Å². The molecule has 4 nitrogen and oxygen atoms in total. The van der Waals surface area contributed by atoms with Crippen LogP contribution in [0.25, 0.3) is 0 Å². The number of likely N-dealkylation sites (N-methyl/N-ethyl adjacent to an activating group) is 1. The lowest BCUT2D eigenvalue weighted by molar-refractivity contribution is 0.253. The molecule has 1 saturated carbocycles. The first-order valence-corrected chi connectivity index (χ1v) is 8.56. The Morgan fingerprint density at radius 2 is 2.13 bits per heavy atom. The highest BCUT2D eigenvalue weighted by Crippen LogP contribution is 2.28. The summed E-state index contributed by atoms with van der Waals surface area (Å²) in [7, 11) is 2.23. The van der Waals surface area contributed by atoms with Crippen molar-refractivity contribution in [2.24, 2.45) is 4.99 Å². The zero-order chi connectivity index (χ0) is 15.5. The Kier molecular flexibility index (Phi) is 6.71. The van der Waals surface area contributed by atoms with E-state index in [9.17, 15) is 0 Å². The summed E-state index contributed by atoms with van der Waals surface area (Å²) in [6.45, 7) is 7.21. The molecule has 2 aliphatic rings. The minimum absolute atomic E-state index is 0. The van der Waals surface area contributed by atoms with Crippen molar-refractivity contribution in [3.05, 3.63) is 29.8 Å². The summed E-state index contributed by atoms with van der Waals surface area (Å²) >= 11 is 0. The van der Waals surface area contributed by atoms with E-state index >= 15 is 0 Å². The number of guanidine groups is 1. The molecule has 0 saturated heterocycles. The van der Waals surface area contributed by atoms with Gasteiger partial charge in [0.15, 0.2) is 5.96 Å². The fourth-order valence-corrected chi connectivity index (χ4v) is 3.14. The zero-order valence-electron chi connectivity index (χ0n) is 14.5. The maximum absolute atomic E-state index is 4.92. The van der Waals surface area contributed by atoms with Gasteiger partial charge in [0.25, 0.3) is 0 Å². The summed E-state index contributed by atoms with van der Waals surface area (Å²) in [5, 5.41) is 3.46. The smallest absolute Gasteiger partial charge is 0.198 e. The van der Waals surface area contributed by atoms with Crippen molar-refractivity contribution >= 4 is 35.6 Å². The molecule has 0 spiro atoms. The van der Waals surface area contributed by atoms with Gasteiger partial charge in [-0.2, -0.15) is 0 Å². The molecule has 0 amide bonds. The molecule has 1 aromatic carbocycles. The van der Waals surface area contributed by atoms with Crippen LogP contribution in [0.2, 0.25) is 0 Å². The van der Waals surface area contributed by atoms with E-state index in [1.165, 1.54) is 24.1 Å². The Hall–Kier alpha value is -0.820. The third kappa shape index (κ3) is 4.38. The first-order valence-electron chi connectivity index (χ1n) is 8.56. The lowest BCUT2D eigenvalue weighted by Crippen LogP contribution is -2.42. The van der Waals surface area contributed by atoms with Crippen molar-refractivity contribution in [3.8, 4) is 0 Å². The van der Waals surface area contributed by atoms with Crippen LogP contribution in [0.15, 0.2) is 29.3 Å². The number of halogens is 1. The van der Waals surface area contributed by atoms with Gasteiger partial charge in [-0.1, -0.05) is 18.2 Å².